The predicted octanol–water partition coefficient (Wildman–Crippen LogP) is 5.77. The van der Waals surface area contributed by atoms with Crippen molar-refractivity contribution in [2.24, 2.45) is 5.10 Å². The summed E-state index contributed by atoms with van der Waals surface area (Å²) < 4.78 is 27.8. The molecule has 6 nitrogen and oxygen atoms in total. The molecule has 0 radical (unpaired) electrons. The third-order valence-electron chi connectivity index (χ3n) is 5.35. The van der Waals surface area contributed by atoms with E-state index >= 15 is 0 Å². The Morgan fingerprint density at radius 2 is 1.69 bits per heavy atom. The number of hydrogen-bond acceptors (Lipinski definition) is 4. The van der Waals surface area contributed by atoms with E-state index in [0.29, 0.717) is 21.5 Å². The Morgan fingerprint density at radius 1 is 1.03 bits per heavy atom. The number of amides is 1. The third-order valence-corrected chi connectivity index (χ3v) is 7.74. The first-order chi connectivity index (χ1) is 16.6. The number of sulfonamides is 1. The van der Waals surface area contributed by atoms with Gasteiger partial charge in [-0.1, -0.05) is 85.1 Å². The van der Waals surface area contributed by atoms with Gasteiger partial charge in [-0.05, 0) is 53.8 Å². The summed E-state index contributed by atoms with van der Waals surface area (Å²) in [6.45, 7) is 5.52. The van der Waals surface area contributed by atoms with Crippen molar-refractivity contribution < 1.29 is 13.2 Å². The number of hydrazone groups is 1. The van der Waals surface area contributed by atoms with Crippen LogP contribution in [0.5, 0.6) is 0 Å². The van der Waals surface area contributed by atoms with Crippen LogP contribution < -0.4 is 5.43 Å². The number of carbonyl (C=O) groups excluding carboxylic acids is 1. The van der Waals surface area contributed by atoms with Crippen molar-refractivity contribution in [3.05, 3.63) is 99.0 Å². The Bertz CT molecular complexity index is 1310. The van der Waals surface area contributed by atoms with Gasteiger partial charge in [-0.15, -0.1) is 0 Å². The molecule has 0 unspecified atom stereocenters. The van der Waals surface area contributed by atoms with Crippen LogP contribution in [0.4, 0.5) is 0 Å². The van der Waals surface area contributed by atoms with Gasteiger partial charge in [0.15, 0.2) is 0 Å². The summed E-state index contributed by atoms with van der Waals surface area (Å²) in [6, 6.07) is 19.0. The first kappa shape index (κ1) is 26.9. The minimum atomic E-state index is -4.00. The molecule has 0 saturated heterocycles. The molecule has 9 heteroatoms. The second-order valence-corrected chi connectivity index (χ2v) is 11.2. The number of nitrogens with one attached hydrogen (secondary N) is 1. The molecule has 35 heavy (non-hydrogen) atoms. The molecular weight excluding hydrogens is 505 g/mol. The van der Waals surface area contributed by atoms with Crippen molar-refractivity contribution in [1.29, 1.82) is 0 Å². The first-order valence-corrected chi connectivity index (χ1v) is 13.2. The maximum absolute atomic E-state index is 13.4. The van der Waals surface area contributed by atoms with E-state index in [9.17, 15) is 13.2 Å². The summed E-state index contributed by atoms with van der Waals surface area (Å²) in [6.07, 6.45) is 1.51. The van der Waals surface area contributed by atoms with Crippen LogP contribution in [0.15, 0.2) is 76.7 Å². The molecular formula is C26H27Cl2N3O3S. The number of aryl methyl sites for hydroxylation is 1. The average Bonchev–Trinajstić information content (AvgIpc) is 2.81. The fourth-order valence-electron chi connectivity index (χ4n) is 3.27. The van der Waals surface area contributed by atoms with Gasteiger partial charge in [-0.25, -0.2) is 13.8 Å². The van der Waals surface area contributed by atoms with Gasteiger partial charge in [0.05, 0.1) is 17.7 Å². The maximum atomic E-state index is 13.4. The van der Waals surface area contributed by atoms with E-state index in [2.05, 4.69) is 24.4 Å². The molecule has 1 amide bonds. The molecule has 0 bridgehead atoms. The topological polar surface area (TPSA) is 78.8 Å². The Labute approximate surface area is 216 Å². The fraction of sp³-hybridized carbons (Fsp3) is 0.231. The molecule has 3 aromatic carbocycles. The number of benzene rings is 3. The van der Waals surface area contributed by atoms with Crippen LogP contribution in [0.25, 0.3) is 0 Å². The Hall–Kier alpha value is -2.71. The van der Waals surface area contributed by atoms with Crippen LogP contribution in [-0.4, -0.2) is 31.4 Å². The van der Waals surface area contributed by atoms with Gasteiger partial charge < -0.3 is 0 Å². The minimum absolute atomic E-state index is 0.0785. The second kappa shape index (κ2) is 11.8. The summed E-state index contributed by atoms with van der Waals surface area (Å²) in [5, 5.41) is 4.72. The highest BCUT2D eigenvalue weighted by atomic mass is 35.5. The van der Waals surface area contributed by atoms with Crippen molar-refractivity contribution in [2.75, 3.05) is 6.54 Å². The lowest BCUT2D eigenvalue weighted by atomic mass is 10.0. The summed E-state index contributed by atoms with van der Waals surface area (Å²) >= 11 is 12.3. The van der Waals surface area contributed by atoms with Crippen LogP contribution in [0, 0.1) is 6.92 Å². The molecule has 184 valence electrons. The van der Waals surface area contributed by atoms with E-state index in [-0.39, 0.29) is 11.4 Å². The Kier molecular flexibility index (Phi) is 9.08. The molecule has 0 aliphatic rings. The van der Waals surface area contributed by atoms with E-state index in [1.165, 1.54) is 30.0 Å². The zero-order chi connectivity index (χ0) is 25.6. The largest absolute Gasteiger partial charge is 0.272 e. The van der Waals surface area contributed by atoms with E-state index in [0.717, 1.165) is 15.4 Å². The number of hydrogen-bond donors (Lipinski definition) is 1. The second-order valence-electron chi connectivity index (χ2n) is 8.44. The van der Waals surface area contributed by atoms with Crippen molar-refractivity contribution in [1.82, 2.24) is 9.73 Å². The summed E-state index contributed by atoms with van der Waals surface area (Å²) in [4.78, 5) is 12.7. The smallest absolute Gasteiger partial charge is 0.255 e. The molecule has 0 fully saturated rings. The average molecular weight is 532 g/mol. The van der Waals surface area contributed by atoms with Gasteiger partial charge in [0.25, 0.3) is 5.91 Å². The molecule has 0 atom stereocenters. The zero-order valence-electron chi connectivity index (χ0n) is 19.7. The highest BCUT2D eigenvalue weighted by Gasteiger charge is 2.27. The number of carbonyl (C=O) groups is 1. The van der Waals surface area contributed by atoms with Gasteiger partial charge in [0.2, 0.25) is 10.0 Å². The predicted molar refractivity (Wildman–Crippen MR) is 142 cm³/mol. The summed E-state index contributed by atoms with van der Waals surface area (Å²) in [5.74, 6) is -0.169. The molecule has 3 aromatic rings. The van der Waals surface area contributed by atoms with Crippen LogP contribution in [0.2, 0.25) is 10.0 Å². The fourth-order valence-corrected chi connectivity index (χ4v) is 5.11. The van der Waals surface area contributed by atoms with Gasteiger partial charge in [0, 0.05) is 16.6 Å². The number of halogens is 2. The molecule has 0 aliphatic carbocycles. The van der Waals surface area contributed by atoms with Gasteiger partial charge >= 0.3 is 0 Å². The van der Waals surface area contributed by atoms with Crippen molar-refractivity contribution in [2.45, 2.75) is 38.1 Å². The van der Waals surface area contributed by atoms with Crippen LogP contribution >= 0.6 is 23.2 Å². The van der Waals surface area contributed by atoms with Crippen molar-refractivity contribution >= 4 is 45.3 Å². The first-order valence-electron chi connectivity index (χ1n) is 11.0. The summed E-state index contributed by atoms with van der Waals surface area (Å²) in [5.41, 5.74) is 5.86. The molecule has 0 heterocycles. The lowest BCUT2D eigenvalue weighted by Gasteiger charge is -2.22. The van der Waals surface area contributed by atoms with Gasteiger partial charge in [-0.3, -0.25) is 4.79 Å². The van der Waals surface area contributed by atoms with Crippen LogP contribution in [-0.2, 0) is 21.4 Å². The van der Waals surface area contributed by atoms with E-state index < -0.39 is 22.5 Å². The SMILES string of the molecule is Cc1ccc(S(=O)(=O)N(CC(=O)N/N=C\c2ccc(C(C)C)cc2)Cc2ccc(Cl)cc2Cl)cc1. The van der Waals surface area contributed by atoms with Crippen molar-refractivity contribution in [3.63, 3.8) is 0 Å². The Balaban J connectivity index is 1.78. The third kappa shape index (κ3) is 7.39. The zero-order valence-corrected chi connectivity index (χ0v) is 22.0. The lowest BCUT2D eigenvalue weighted by molar-refractivity contribution is -0.121. The summed E-state index contributed by atoms with van der Waals surface area (Å²) in [7, 11) is -4.00. The molecule has 3 rings (SSSR count). The van der Waals surface area contributed by atoms with Gasteiger partial charge in [0.1, 0.15) is 0 Å². The molecule has 0 aromatic heterocycles. The van der Waals surface area contributed by atoms with Crippen LogP contribution in [0.3, 0.4) is 0 Å². The quantitative estimate of drug-likeness (QED) is 0.281. The minimum Gasteiger partial charge on any atom is -0.272 e. The van der Waals surface area contributed by atoms with Crippen molar-refractivity contribution in [3.8, 4) is 0 Å². The Morgan fingerprint density at radius 3 is 2.29 bits per heavy atom. The number of rotatable bonds is 9. The van der Waals surface area contributed by atoms with E-state index in [1.54, 1.807) is 24.3 Å². The maximum Gasteiger partial charge on any atom is 0.255 e. The molecule has 0 aliphatic heterocycles. The highest BCUT2D eigenvalue weighted by Crippen LogP contribution is 2.25. The molecule has 0 spiro atoms. The molecule has 0 saturated carbocycles. The van der Waals surface area contributed by atoms with Gasteiger partial charge in [-0.2, -0.15) is 9.41 Å². The van der Waals surface area contributed by atoms with Crippen LogP contribution in [0.1, 0.15) is 42.0 Å². The monoisotopic (exact) mass is 531 g/mol. The number of nitrogens with zero attached hydrogens (tertiary/aromatic N) is 2. The lowest BCUT2D eigenvalue weighted by Crippen LogP contribution is -2.39. The van der Waals surface area contributed by atoms with E-state index in [1.807, 2.05) is 31.2 Å². The van der Waals surface area contributed by atoms with E-state index in [4.69, 9.17) is 23.2 Å². The molecule has 1 N–H and O–H groups in total. The normalized spacial score (nSPS) is 12.0. The highest BCUT2D eigenvalue weighted by molar-refractivity contribution is 7.89. The standard InChI is InChI=1S/C26H27Cl2N3O3S/c1-18(2)21-8-6-20(7-9-21)15-29-30-26(32)17-31(16-22-10-11-23(27)14-25(22)28)35(33,34)24-12-4-19(3)5-13-24/h4-15,18H,16-17H2,1-3H3,(H,30,32)/b29-15-.